The Morgan fingerprint density at radius 3 is 2.53 bits per heavy atom. The average Bonchev–Trinajstić information content (AvgIpc) is 2.82. The molecule has 2 aliphatic rings. The molecule has 1 saturated heterocycles. The van der Waals surface area contributed by atoms with Crippen LogP contribution in [0.3, 0.4) is 0 Å². The maximum Gasteiger partial charge on any atom is 0.0940 e. The summed E-state index contributed by atoms with van der Waals surface area (Å²) in [5.74, 6) is 0. The molecule has 0 radical (unpaired) electrons. The summed E-state index contributed by atoms with van der Waals surface area (Å²) in [4.78, 5) is 0. The number of rotatable bonds is 6. The van der Waals surface area contributed by atoms with Gasteiger partial charge in [0, 0.05) is 13.2 Å². The first-order valence-corrected chi connectivity index (χ1v) is 8.20. The molecule has 1 saturated carbocycles. The Hall–Kier alpha value is -0.120. The van der Waals surface area contributed by atoms with Crippen LogP contribution in [0.5, 0.6) is 0 Å². The maximum absolute atomic E-state index is 10.7. The van der Waals surface area contributed by atoms with E-state index in [9.17, 15) is 5.11 Å². The highest BCUT2D eigenvalue weighted by Crippen LogP contribution is 2.35. The molecule has 2 unspecified atom stereocenters. The fourth-order valence-corrected chi connectivity index (χ4v) is 3.67. The van der Waals surface area contributed by atoms with Gasteiger partial charge in [-0.1, -0.05) is 25.7 Å². The van der Waals surface area contributed by atoms with Gasteiger partial charge in [0.05, 0.1) is 17.8 Å². The van der Waals surface area contributed by atoms with Crippen LogP contribution in [0.15, 0.2) is 0 Å². The first kappa shape index (κ1) is 15.3. The minimum absolute atomic E-state index is 0.274. The van der Waals surface area contributed by atoms with Crippen LogP contribution in [0.25, 0.3) is 0 Å². The average molecular weight is 270 g/mol. The van der Waals surface area contributed by atoms with Crippen molar-refractivity contribution in [3.63, 3.8) is 0 Å². The lowest BCUT2D eigenvalue weighted by atomic mass is 9.85. The van der Waals surface area contributed by atoms with E-state index >= 15 is 0 Å². The topological polar surface area (TPSA) is 38.7 Å². The first-order valence-electron chi connectivity index (χ1n) is 8.20. The Kier molecular flexibility index (Phi) is 6.11. The van der Waals surface area contributed by atoms with Crippen LogP contribution in [0.4, 0.5) is 0 Å². The number of aliphatic hydroxyl groups excluding tert-OH is 1. The molecule has 2 rings (SSSR count). The van der Waals surface area contributed by atoms with Crippen LogP contribution in [-0.2, 0) is 9.47 Å². The summed E-state index contributed by atoms with van der Waals surface area (Å²) in [6.45, 7) is 3.65. The Labute approximate surface area is 117 Å². The van der Waals surface area contributed by atoms with Crippen LogP contribution in [-0.4, -0.2) is 36.1 Å². The predicted octanol–water partition coefficient (Wildman–Crippen LogP) is 3.44. The minimum Gasteiger partial charge on any atom is -0.390 e. The number of ether oxygens (including phenoxy) is 2. The van der Waals surface area contributed by atoms with Gasteiger partial charge in [-0.05, 0) is 45.4 Å². The summed E-state index contributed by atoms with van der Waals surface area (Å²) in [5.41, 5.74) is -0.274. The van der Waals surface area contributed by atoms with E-state index in [4.69, 9.17) is 9.47 Å². The van der Waals surface area contributed by atoms with Gasteiger partial charge in [-0.15, -0.1) is 0 Å². The zero-order valence-electron chi connectivity index (χ0n) is 12.4. The first-order chi connectivity index (χ1) is 9.27. The summed E-state index contributed by atoms with van der Waals surface area (Å²) < 4.78 is 11.7. The van der Waals surface area contributed by atoms with Crippen LogP contribution in [0, 0.1) is 0 Å². The highest BCUT2D eigenvalue weighted by molar-refractivity contribution is 4.90. The van der Waals surface area contributed by atoms with Gasteiger partial charge in [0.1, 0.15) is 0 Å². The SMILES string of the molecule is CCOC1(C(O)CCC2CCCO2)CCCCCC1. The standard InChI is InChI=1S/C16H30O3/c1-2-19-16(11-5-3-4-6-12-16)15(17)10-9-14-8-7-13-18-14/h14-15,17H,2-13H2,1H3. The lowest BCUT2D eigenvalue weighted by Gasteiger charge is -2.37. The normalized spacial score (nSPS) is 29.1. The van der Waals surface area contributed by atoms with Crippen molar-refractivity contribution in [3.8, 4) is 0 Å². The molecule has 3 heteroatoms. The minimum atomic E-state index is -0.324. The van der Waals surface area contributed by atoms with E-state index in [0.29, 0.717) is 12.7 Å². The quantitative estimate of drug-likeness (QED) is 0.751. The van der Waals surface area contributed by atoms with Crippen LogP contribution < -0.4 is 0 Å². The molecule has 1 N–H and O–H groups in total. The molecule has 19 heavy (non-hydrogen) atoms. The molecule has 0 amide bonds. The van der Waals surface area contributed by atoms with Gasteiger partial charge in [0.25, 0.3) is 0 Å². The molecule has 0 aromatic carbocycles. The third-order valence-corrected chi connectivity index (χ3v) is 4.78. The number of hydrogen-bond donors (Lipinski definition) is 1. The van der Waals surface area contributed by atoms with E-state index in [0.717, 1.165) is 38.7 Å². The smallest absolute Gasteiger partial charge is 0.0940 e. The van der Waals surface area contributed by atoms with E-state index in [2.05, 4.69) is 0 Å². The van der Waals surface area contributed by atoms with Crippen LogP contribution in [0.2, 0.25) is 0 Å². The molecule has 112 valence electrons. The molecule has 2 fully saturated rings. The van der Waals surface area contributed by atoms with Crippen LogP contribution in [0.1, 0.15) is 71.1 Å². The molecule has 0 bridgehead atoms. The van der Waals surface area contributed by atoms with Crippen LogP contribution >= 0.6 is 0 Å². The van der Waals surface area contributed by atoms with Gasteiger partial charge in [-0.3, -0.25) is 0 Å². The Morgan fingerprint density at radius 2 is 1.95 bits per heavy atom. The van der Waals surface area contributed by atoms with Crippen molar-refractivity contribution >= 4 is 0 Å². The van der Waals surface area contributed by atoms with Crippen molar-refractivity contribution < 1.29 is 14.6 Å². The zero-order valence-corrected chi connectivity index (χ0v) is 12.4. The molecule has 3 nitrogen and oxygen atoms in total. The van der Waals surface area contributed by atoms with Gasteiger partial charge < -0.3 is 14.6 Å². The molecule has 0 aromatic heterocycles. The van der Waals surface area contributed by atoms with E-state index in [1.54, 1.807) is 0 Å². The number of hydrogen-bond acceptors (Lipinski definition) is 3. The van der Waals surface area contributed by atoms with Crippen molar-refractivity contribution in [1.29, 1.82) is 0 Å². The lowest BCUT2D eigenvalue weighted by Crippen LogP contribution is -2.45. The summed E-state index contributed by atoms with van der Waals surface area (Å²) >= 11 is 0. The third-order valence-electron chi connectivity index (χ3n) is 4.78. The maximum atomic E-state index is 10.7. The fourth-order valence-electron chi connectivity index (χ4n) is 3.67. The fraction of sp³-hybridized carbons (Fsp3) is 1.00. The monoisotopic (exact) mass is 270 g/mol. The predicted molar refractivity (Wildman–Crippen MR) is 76.3 cm³/mol. The van der Waals surface area contributed by atoms with E-state index in [1.807, 2.05) is 6.92 Å². The second kappa shape index (κ2) is 7.61. The molecule has 1 heterocycles. The van der Waals surface area contributed by atoms with Gasteiger partial charge in [0.15, 0.2) is 0 Å². The lowest BCUT2D eigenvalue weighted by molar-refractivity contribution is -0.133. The molecule has 0 aromatic rings. The molecular weight excluding hydrogens is 240 g/mol. The third kappa shape index (κ3) is 4.17. The molecule has 1 aliphatic heterocycles. The molecular formula is C16H30O3. The van der Waals surface area contributed by atoms with E-state index in [1.165, 1.54) is 32.1 Å². The molecule has 1 aliphatic carbocycles. The highest BCUT2D eigenvalue weighted by atomic mass is 16.5. The Morgan fingerprint density at radius 1 is 1.21 bits per heavy atom. The second-order valence-corrected chi connectivity index (χ2v) is 6.14. The van der Waals surface area contributed by atoms with Crippen molar-refractivity contribution in [2.75, 3.05) is 13.2 Å². The van der Waals surface area contributed by atoms with Gasteiger partial charge in [-0.25, -0.2) is 0 Å². The number of aliphatic hydroxyl groups is 1. The van der Waals surface area contributed by atoms with Gasteiger partial charge in [-0.2, -0.15) is 0 Å². The highest BCUT2D eigenvalue weighted by Gasteiger charge is 2.39. The van der Waals surface area contributed by atoms with Crippen molar-refractivity contribution in [1.82, 2.24) is 0 Å². The summed E-state index contributed by atoms with van der Waals surface area (Å²) in [6, 6.07) is 0. The Balaban J connectivity index is 1.88. The van der Waals surface area contributed by atoms with E-state index < -0.39 is 0 Å². The zero-order chi connectivity index (χ0) is 13.6. The van der Waals surface area contributed by atoms with Gasteiger partial charge in [0.2, 0.25) is 0 Å². The summed E-state index contributed by atoms with van der Waals surface area (Å²) in [6.07, 6.45) is 11.2. The van der Waals surface area contributed by atoms with Crippen molar-refractivity contribution in [2.24, 2.45) is 0 Å². The summed E-state index contributed by atoms with van der Waals surface area (Å²) in [7, 11) is 0. The van der Waals surface area contributed by atoms with Crippen molar-refractivity contribution in [2.45, 2.75) is 88.9 Å². The van der Waals surface area contributed by atoms with Gasteiger partial charge >= 0.3 is 0 Å². The molecule has 2 atom stereocenters. The van der Waals surface area contributed by atoms with Crippen molar-refractivity contribution in [3.05, 3.63) is 0 Å². The van der Waals surface area contributed by atoms with E-state index in [-0.39, 0.29) is 11.7 Å². The summed E-state index contributed by atoms with van der Waals surface area (Å²) in [5, 5.41) is 10.7. The molecule has 0 spiro atoms. The largest absolute Gasteiger partial charge is 0.390 e. The second-order valence-electron chi connectivity index (χ2n) is 6.14. The Bertz CT molecular complexity index is 240.